The van der Waals surface area contributed by atoms with Crippen molar-refractivity contribution in [3.8, 4) is 0 Å². The van der Waals surface area contributed by atoms with E-state index in [1.54, 1.807) is 11.4 Å². The van der Waals surface area contributed by atoms with Gasteiger partial charge >= 0.3 is 0 Å². The Hall–Kier alpha value is -0.960. The molecule has 1 atom stereocenters. The molecule has 3 rings (SSSR count). The molecule has 8 heteroatoms. The van der Waals surface area contributed by atoms with Crippen LogP contribution in [0, 0.1) is 5.92 Å². The highest BCUT2D eigenvalue weighted by molar-refractivity contribution is 7.89. The van der Waals surface area contributed by atoms with E-state index >= 15 is 0 Å². The predicted octanol–water partition coefficient (Wildman–Crippen LogP) is 1.69. The van der Waals surface area contributed by atoms with Crippen LogP contribution in [0.15, 0.2) is 16.3 Å². The highest BCUT2D eigenvalue weighted by atomic mass is 32.2. The fourth-order valence-electron chi connectivity index (χ4n) is 2.97. The van der Waals surface area contributed by atoms with Crippen LogP contribution in [-0.2, 0) is 14.8 Å². The maximum atomic E-state index is 12.8. The van der Waals surface area contributed by atoms with Gasteiger partial charge in [0.05, 0.1) is 6.61 Å². The van der Waals surface area contributed by atoms with E-state index in [1.807, 2.05) is 0 Å². The zero-order valence-electron chi connectivity index (χ0n) is 13.0. The molecule has 0 radical (unpaired) electrons. The first kappa shape index (κ1) is 16.9. The average molecular weight is 358 g/mol. The number of carbonyl (C=O) groups is 1. The van der Waals surface area contributed by atoms with Gasteiger partial charge in [-0.05, 0) is 30.7 Å². The van der Waals surface area contributed by atoms with Crippen LogP contribution in [0.3, 0.4) is 0 Å². The number of amides is 1. The van der Waals surface area contributed by atoms with Crippen LogP contribution >= 0.6 is 11.3 Å². The third-order valence-corrected chi connectivity index (χ3v) is 7.33. The standard InChI is InChI=1S/C15H22N2O4S2/c18-15(16-10-12-4-8-21-11-12)14-13(5-9-22-14)23(19,20)17-6-2-1-3-7-17/h5,9,12H,1-4,6-8,10-11H2,(H,16,18)/t12-/m1/s1. The van der Waals surface area contributed by atoms with E-state index in [0.717, 1.165) is 32.3 Å². The number of thiophene rings is 1. The van der Waals surface area contributed by atoms with Gasteiger partial charge in [-0.25, -0.2) is 8.42 Å². The Balaban J connectivity index is 1.71. The molecule has 6 nitrogen and oxygen atoms in total. The summed E-state index contributed by atoms with van der Waals surface area (Å²) in [6.07, 6.45) is 3.76. The van der Waals surface area contributed by atoms with Gasteiger partial charge in [-0.2, -0.15) is 4.31 Å². The van der Waals surface area contributed by atoms with E-state index in [2.05, 4.69) is 5.32 Å². The summed E-state index contributed by atoms with van der Waals surface area (Å²) in [6.45, 7) is 3.00. The predicted molar refractivity (Wildman–Crippen MR) is 88.2 cm³/mol. The Morgan fingerprint density at radius 1 is 1.35 bits per heavy atom. The van der Waals surface area contributed by atoms with Crippen molar-refractivity contribution in [1.29, 1.82) is 0 Å². The maximum absolute atomic E-state index is 12.8. The van der Waals surface area contributed by atoms with Gasteiger partial charge in [0.1, 0.15) is 9.77 Å². The third kappa shape index (κ3) is 3.76. The monoisotopic (exact) mass is 358 g/mol. The van der Waals surface area contributed by atoms with Crippen molar-refractivity contribution in [1.82, 2.24) is 9.62 Å². The molecular weight excluding hydrogens is 336 g/mol. The number of nitrogens with one attached hydrogen (secondary N) is 1. The van der Waals surface area contributed by atoms with Gasteiger partial charge in [-0.3, -0.25) is 4.79 Å². The summed E-state index contributed by atoms with van der Waals surface area (Å²) in [5.41, 5.74) is 0. The van der Waals surface area contributed by atoms with Crippen molar-refractivity contribution < 1.29 is 17.9 Å². The lowest BCUT2D eigenvalue weighted by Gasteiger charge is -2.25. The average Bonchev–Trinajstić information content (AvgIpc) is 3.25. The van der Waals surface area contributed by atoms with Crippen LogP contribution in [0.25, 0.3) is 0 Å². The number of ether oxygens (including phenoxy) is 1. The van der Waals surface area contributed by atoms with Crippen LogP contribution < -0.4 is 5.32 Å². The topological polar surface area (TPSA) is 75.7 Å². The molecular formula is C15H22N2O4S2. The van der Waals surface area contributed by atoms with E-state index in [9.17, 15) is 13.2 Å². The van der Waals surface area contributed by atoms with Crippen molar-refractivity contribution in [3.05, 3.63) is 16.3 Å². The van der Waals surface area contributed by atoms with Gasteiger partial charge in [0.15, 0.2) is 0 Å². The molecule has 1 amide bonds. The Morgan fingerprint density at radius 3 is 2.83 bits per heavy atom. The molecule has 0 spiro atoms. The molecule has 2 saturated heterocycles. The Kier molecular flexibility index (Phi) is 5.35. The summed E-state index contributed by atoms with van der Waals surface area (Å²) in [4.78, 5) is 12.8. The molecule has 2 aliphatic heterocycles. The van der Waals surface area contributed by atoms with Crippen molar-refractivity contribution in [2.45, 2.75) is 30.6 Å². The molecule has 128 valence electrons. The Labute approximate surface area is 140 Å². The first-order valence-electron chi connectivity index (χ1n) is 8.02. The Morgan fingerprint density at radius 2 is 2.13 bits per heavy atom. The summed E-state index contributed by atoms with van der Waals surface area (Å²) in [5, 5.41) is 4.52. The van der Waals surface area contributed by atoms with Gasteiger partial charge in [0.2, 0.25) is 10.0 Å². The van der Waals surface area contributed by atoms with Crippen molar-refractivity contribution in [2.75, 3.05) is 32.8 Å². The molecule has 0 unspecified atom stereocenters. The van der Waals surface area contributed by atoms with Gasteiger partial charge in [0.25, 0.3) is 5.91 Å². The largest absolute Gasteiger partial charge is 0.381 e. The van der Waals surface area contributed by atoms with Crippen LogP contribution in [0.5, 0.6) is 0 Å². The summed E-state index contributed by atoms with van der Waals surface area (Å²) in [7, 11) is -3.57. The van der Waals surface area contributed by atoms with E-state index in [0.29, 0.717) is 32.2 Å². The lowest BCUT2D eigenvalue weighted by atomic mass is 10.1. The molecule has 1 aromatic heterocycles. The van der Waals surface area contributed by atoms with Gasteiger partial charge in [0, 0.05) is 32.2 Å². The number of sulfonamides is 1. The molecule has 0 aromatic carbocycles. The molecule has 0 aliphatic carbocycles. The van der Waals surface area contributed by atoms with Gasteiger partial charge in [-0.1, -0.05) is 6.42 Å². The van der Waals surface area contributed by atoms with E-state index in [-0.39, 0.29) is 15.7 Å². The number of nitrogens with zero attached hydrogens (tertiary/aromatic N) is 1. The first-order chi connectivity index (χ1) is 11.1. The molecule has 0 bridgehead atoms. The summed E-state index contributed by atoms with van der Waals surface area (Å²) in [6, 6.07) is 1.54. The van der Waals surface area contributed by atoms with Crippen molar-refractivity contribution in [3.63, 3.8) is 0 Å². The smallest absolute Gasteiger partial charge is 0.262 e. The fraction of sp³-hybridized carbons (Fsp3) is 0.667. The molecule has 3 heterocycles. The lowest BCUT2D eigenvalue weighted by molar-refractivity contribution is 0.0946. The fourth-order valence-corrected chi connectivity index (χ4v) is 5.81. The molecule has 0 saturated carbocycles. The van der Waals surface area contributed by atoms with Crippen LogP contribution in [-0.4, -0.2) is 51.5 Å². The lowest BCUT2D eigenvalue weighted by Crippen LogP contribution is -2.37. The highest BCUT2D eigenvalue weighted by Crippen LogP contribution is 2.27. The second-order valence-corrected chi connectivity index (χ2v) is 8.84. The minimum absolute atomic E-state index is 0.143. The number of carbonyl (C=O) groups excluding carboxylic acids is 1. The molecule has 23 heavy (non-hydrogen) atoms. The zero-order valence-corrected chi connectivity index (χ0v) is 14.6. The van der Waals surface area contributed by atoms with Crippen LogP contribution in [0.2, 0.25) is 0 Å². The van der Waals surface area contributed by atoms with Crippen LogP contribution in [0.4, 0.5) is 0 Å². The number of rotatable bonds is 5. The molecule has 2 aliphatic rings. The minimum Gasteiger partial charge on any atom is -0.381 e. The van der Waals surface area contributed by atoms with E-state index < -0.39 is 10.0 Å². The zero-order chi connectivity index (χ0) is 16.3. The van der Waals surface area contributed by atoms with Crippen molar-refractivity contribution in [2.24, 2.45) is 5.92 Å². The van der Waals surface area contributed by atoms with Crippen LogP contribution in [0.1, 0.15) is 35.4 Å². The van der Waals surface area contributed by atoms with E-state index in [1.165, 1.54) is 15.6 Å². The number of hydrogen-bond donors (Lipinski definition) is 1. The maximum Gasteiger partial charge on any atom is 0.262 e. The Bertz CT molecular complexity index is 644. The summed E-state index contributed by atoms with van der Waals surface area (Å²) < 4.78 is 32.3. The highest BCUT2D eigenvalue weighted by Gasteiger charge is 2.31. The minimum atomic E-state index is -3.57. The summed E-state index contributed by atoms with van der Waals surface area (Å²) >= 11 is 1.18. The first-order valence-corrected chi connectivity index (χ1v) is 10.3. The third-order valence-electron chi connectivity index (χ3n) is 4.34. The number of piperidine rings is 1. The SMILES string of the molecule is O=C(NC[C@H]1CCOC1)c1sccc1S(=O)(=O)N1CCCCC1. The normalized spacial score (nSPS) is 23.0. The second kappa shape index (κ2) is 7.29. The molecule has 1 N–H and O–H groups in total. The second-order valence-electron chi connectivity index (χ2n) is 6.02. The van der Waals surface area contributed by atoms with Crippen molar-refractivity contribution >= 4 is 27.3 Å². The molecule has 2 fully saturated rings. The summed E-state index contributed by atoms with van der Waals surface area (Å²) in [5.74, 6) is 0.0172. The molecule has 1 aromatic rings. The van der Waals surface area contributed by atoms with E-state index in [4.69, 9.17) is 4.74 Å². The van der Waals surface area contributed by atoms with Gasteiger partial charge in [-0.15, -0.1) is 11.3 Å². The van der Waals surface area contributed by atoms with Gasteiger partial charge < -0.3 is 10.1 Å². The quantitative estimate of drug-likeness (QED) is 0.869. The number of hydrogen-bond acceptors (Lipinski definition) is 5.